The van der Waals surface area contributed by atoms with E-state index in [4.69, 9.17) is 4.74 Å². The second-order valence-corrected chi connectivity index (χ2v) is 13.8. The van der Waals surface area contributed by atoms with Crippen molar-refractivity contribution in [3.05, 3.63) is 64.7 Å². The van der Waals surface area contributed by atoms with E-state index in [0.717, 1.165) is 42.2 Å². The Labute approximate surface area is 250 Å². The lowest BCUT2D eigenvalue weighted by Gasteiger charge is -2.38. The third-order valence-electron chi connectivity index (χ3n) is 11.1. The number of alkyl halides is 2. The topological polar surface area (TPSA) is 9.23 Å². The second-order valence-electron chi connectivity index (χ2n) is 13.8. The van der Waals surface area contributed by atoms with Crippen LogP contribution >= 0.6 is 0 Å². The summed E-state index contributed by atoms with van der Waals surface area (Å²) in [4.78, 5) is 0. The Morgan fingerprint density at radius 3 is 1.98 bits per heavy atom. The molecule has 0 saturated heterocycles. The summed E-state index contributed by atoms with van der Waals surface area (Å²) in [6.07, 6.45) is 14.0. The number of unbranched alkanes of at least 4 members (excludes halogenated alkanes) is 2. The molecule has 3 saturated carbocycles. The Morgan fingerprint density at radius 1 is 0.714 bits per heavy atom. The van der Waals surface area contributed by atoms with Crippen LogP contribution in [-0.4, -0.2) is 6.11 Å². The van der Waals surface area contributed by atoms with Crippen molar-refractivity contribution in [1.29, 1.82) is 0 Å². The summed E-state index contributed by atoms with van der Waals surface area (Å²) in [5, 5.41) is 0. The number of aryl methyl sites for hydroxylation is 1. The molecule has 5 rings (SSSR count). The largest absolute Gasteiger partial charge is 0.432 e. The maximum absolute atomic E-state index is 15.4. The molecule has 42 heavy (non-hydrogen) atoms. The van der Waals surface area contributed by atoms with Crippen molar-refractivity contribution < 1.29 is 22.3 Å². The van der Waals surface area contributed by atoms with Gasteiger partial charge in [0.25, 0.3) is 0 Å². The lowest BCUT2D eigenvalue weighted by molar-refractivity contribution is -0.222. The molecular weight excluding hydrogens is 536 g/mol. The van der Waals surface area contributed by atoms with Gasteiger partial charge in [-0.2, -0.15) is 8.78 Å². The summed E-state index contributed by atoms with van der Waals surface area (Å²) >= 11 is 0. The van der Waals surface area contributed by atoms with Crippen LogP contribution in [0.4, 0.5) is 17.6 Å². The van der Waals surface area contributed by atoms with Gasteiger partial charge < -0.3 is 4.74 Å². The zero-order chi connectivity index (χ0) is 29.7. The molecule has 2 aromatic carbocycles. The van der Waals surface area contributed by atoms with Crippen LogP contribution in [0.25, 0.3) is 0 Å². The average Bonchev–Trinajstić information content (AvgIpc) is 2.99. The number of hydrogen-bond acceptors (Lipinski definition) is 1. The smallest absolute Gasteiger partial charge is 0.400 e. The standard InChI is InChI=1S/C37H50F4O/c1-3-4-5-6-26-8-10-27(11-9-26)28-12-14-29(15-13-28)31-18-22-34(36(39)23-31)30-16-19-32(20-17-30)37(40,41)42-33-21-7-25(2)35(38)24-33/h7,18,21-24,26-30,32H,3-6,8-17,19-20H2,1-2H3. The summed E-state index contributed by atoms with van der Waals surface area (Å²) < 4.78 is 63.9. The lowest BCUT2D eigenvalue weighted by Crippen LogP contribution is -2.37. The maximum Gasteiger partial charge on any atom is 0.400 e. The van der Waals surface area contributed by atoms with E-state index in [1.165, 1.54) is 76.3 Å². The fourth-order valence-electron chi connectivity index (χ4n) is 8.30. The minimum Gasteiger partial charge on any atom is -0.432 e. The molecule has 0 aromatic heterocycles. The van der Waals surface area contributed by atoms with Crippen molar-refractivity contribution in [3.8, 4) is 5.75 Å². The Kier molecular flexibility index (Phi) is 10.6. The molecule has 2 aromatic rings. The van der Waals surface area contributed by atoms with Crippen molar-refractivity contribution in [1.82, 2.24) is 0 Å². The maximum atomic E-state index is 15.4. The molecule has 0 aliphatic heterocycles. The van der Waals surface area contributed by atoms with Gasteiger partial charge >= 0.3 is 6.11 Å². The van der Waals surface area contributed by atoms with Gasteiger partial charge in [0.2, 0.25) is 0 Å². The molecule has 3 aliphatic carbocycles. The monoisotopic (exact) mass is 586 g/mol. The third-order valence-corrected chi connectivity index (χ3v) is 11.1. The van der Waals surface area contributed by atoms with E-state index in [1.54, 1.807) is 13.0 Å². The number of halogens is 4. The van der Waals surface area contributed by atoms with Crippen molar-refractivity contribution in [2.24, 2.45) is 23.7 Å². The normalized spacial score (nSPS) is 28.9. The molecule has 0 N–H and O–H groups in total. The van der Waals surface area contributed by atoms with E-state index in [9.17, 15) is 13.2 Å². The highest BCUT2D eigenvalue weighted by atomic mass is 19.3. The first-order valence-electron chi connectivity index (χ1n) is 16.9. The first-order chi connectivity index (χ1) is 20.2. The van der Waals surface area contributed by atoms with E-state index >= 15 is 4.39 Å². The van der Waals surface area contributed by atoms with E-state index < -0.39 is 17.8 Å². The van der Waals surface area contributed by atoms with Crippen LogP contribution in [0.5, 0.6) is 5.75 Å². The molecule has 232 valence electrons. The van der Waals surface area contributed by atoms with Gasteiger partial charge in [0, 0.05) is 6.07 Å². The Balaban J connectivity index is 1.08. The highest BCUT2D eigenvalue weighted by molar-refractivity contribution is 5.31. The van der Waals surface area contributed by atoms with Crippen LogP contribution in [0.1, 0.15) is 138 Å². The average molecular weight is 587 g/mol. The van der Waals surface area contributed by atoms with Crippen molar-refractivity contribution >= 4 is 0 Å². The molecule has 0 unspecified atom stereocenters. The molecule has 1 nitrogen and oxygen atoms in total. The van der Waals surface area contributed by atoms with Crippen LogP contribution in [0, 0.1) is 42.2 Å². The van der Waals surface area contributed by atoms with Crippen molar-refractivity contribution in [2.45, 2.75) is 135 Å². The van der Waals surface area contributed by atoms with Gasteiger partial charge in [-0.3, -0.25) is 0 Å². The Bertz CT molecular complexity index is 1140. The van der Waals surface area contributed by atoms with Crippen LogP contribution in [0.2, 0.25) is 0 Å². The van der Waals surface area contributed by atoms with Gasteiger partial charge in [0.05, 0.1) is 5.92 Å². The quantitative estimate of drug-likeness (QED) is 0.199. The third kappa shape index (κ3) is 7.72. The molecule has 0 atom stereocenters. The molecule has 0 bridgehead atoms. The molecule has 3 fully saturated rings. The highest BCUT2D eigenvalue weighted by Crippen LogP contribution is 2.46. The SMILES string of the molecule is CCCCCC1CCC(C2CCC(c3ccc(C4CCC(C(F)(F)Oc5ccc(C)c(F)c5)CC4)c(F)c3)CC2)CC1. The fourth-order valence-corrected chi connectivity index (χ4v) is 8.30. The van der Waals surface area contributed by atoms with Crippen LogP contribution < -0.4 is 4.74 Å². The fraction of sp³-hybridized carbons (Fsp3) is 0.676. The molecule has 3 aliphatic rings. The first kappa shape index (κ1) is 31.4. The Hall–Kier alpha value is -2.04. The van der Waals surface area contributed by atoms with Crippen molar-refractivity contribution in [3.63, 3.8) is 0 Å². The Morgan fingerprint density at radius 2 is 1.36 bits per heavy atom. The first-order valence-corrected chi connectivity index (χ1v) is 16.9. The van der Waals surface area contributed by atoms with Gasteiger partial charge in [-0.1, -0.05) is 63.6 Å². The molecule has 0 spiro atoms. The minimum absolute atomic E-state index is 0.0595. The van der Waals surface area contributed by atoms with E-state index in [1.807, 2.05) is 6.07 Å². The number of benzene rings is 2. The van der Waals surface area contributed by atoms with Gasteiger partial charge in [0.15, 0.2) is 0 Å². The molecule has 0 heterocycles. The van der Waals surface area contributed by atoms with Crippen LogP contribution in [0.15, 0.2) is 36.4 Å². The molecule has 0 radical (unpaired) electrons. The van der Waals surface area contributed by atoms with Gasteiger partial charge in [-0.15, -0.1) is 0 Å². The number of ether oxygens (including phenoxy) is 1. The minimum atomic E-state index is -3.39. The van der Waals surface area contributed by atoms with Crippen molar-refractivity contribution in [2.75, 3.05) is 0 Å². The van der Waals surface area contributed by atoms with Gasteiger partial charge in [0.1, 0.15) is 17.4 Å². The molecule has 0 amide bonds. The summed E-state index contributed by atoms with van der Waals surface area (Å²) in [6.45, 7) is 3.86. The van der Waals surface area contributed by atoms with Gasteiger partial charge in [-0.05, 0) is 130 Å². The lowest BCUT2D eigenvalue weighted by atomic mass is 9.68. The summed E-state index contributed by atoms with van der Waals surface area (Å²) in [5.41, 5.74) is 2.15. The molecule has 5 heteroatoms. The summed E-state index contributed by atoms with van der Waals surface area (Å²) in [6, 6.07) is 9.58. The summed E-state index contributed by atoms with van der Waals surface area (Å²) in [5.74, 6) is 1.17. The number of rotatable bonds is 10. The van der Waals surface area contributed by atoms with E-state index in [0.29, 0.717) is 29.9 Å². The highest BCUT2D eigenvalue weighted by Gasteiger charge is 2.44. The van der Waals surface area contributed by atoms with Crippen LogP contribution in [-0.2, 0) is 0 Å². The number of hydrogen-bond donors (Lipinski definition) is 0. The predicted molar refractivity (Wildman–Crippen MR) is 162 cm³/mol. The van der Waals surface area contributed by atoms with Crippen LogP contribution in [0.3, 0.4) is 0 Å². The van der Waals surface area contributed by atoms with E-state index in [2.05, 4.69) is 13.0 Å². The zero-order valence-electron chi connectivity index (χ0n) is 25.7. The van der Waals surface area contributed by atoms with E-state index in [-0.39, 0.29) is 30.3 Å². The predicted octanol–water partition coefficient (Wildman–Crippen LogP) is 11.9. The zero-order valence-corrected chi connectivity index (χ0v) is 25.7. The summed E-state index contributed by atoms with van der Waals surface area (Å²) in [7, 11) is 0. The second kappa shape index (κ2) is 14.2. The van der Waals surface area contributed by atoms with Gasteiger partial charge in [-0.25, -0.2) is 8.78 Å². The molecular formula is C37H50F4O.